The number of benzene rings is 1. The maximum Gasteiger partial charge on any atom is 0.121 e. The van der Waals surface area contributed by atoms with E-state index in [1.165, 1.54) is 20.9 Å². The standard InChI is InChI=1S/C17H23NOS/c1-5-10-18-17(16-9-6-13(3)20-16)14-7-8-15(19-4)12(2)11-14/h6-9,11,17-18H,5,10H2,1-4H3. The first kappa shape index (κ1) is 15.1. The van der Waals surface area contributed by atoms with Gasteiger partial charge in [-0.15, -0.1) is 11.3 Å². The number of aryl methyl sites for hydroxylation is 2. The summed E-state index contributed by atoms with van der Waals surface area (Å²) >= 11 is 1.86. The van der Waals surface area contributed by atoms with Gasteiger partial charge in [-0.3, -0.25) is 0 Å². The van der Waals surface area contributed by atoms with Gasteiger partial charge in [-0.1, -0.05) is 19.1 Å². The third kappa shape index (κ3) is 3.41. The summed E-state index contributed by atoms with van der Waals surface area (Å²) < 4.78 is 5.35. The van der Waals surface area contributed by atoms with Crippen LogP contribution in [0.3, 0.4) is 0 Å². The molecule has 0 aliphatic heterocycles. The lowest BCUT2D eigenvalue weighted by molar-refractivity contribution is 0.411. The Balaban J connectivity index is 2.33. The molecule has 2 rings (SSSR count). The molecule has 1 aromatic carbocycles. The van der Waals surface area contributed by atoms with Crippen LogP contribution in [0.4, 0.5) is 0 Å². The number of nitrogens with one attached hydrogen (secondary N) is 1. The molecule has 0 saturated carbocycles. The van der Waals surface area contributed by atoms with Crippen molar-refractivity contribution in [3.8, 4) is 5.75 Å². The van der Waals surface area contributed by atoms with Crippen molar-refractivity contribution in [2.75, 3.05) is 13.7 Å². The van der Waals surface area contributed by atoms with Gasteiger partial charge in [0.15, 0.2) is 0 Å². The van der Waals surface area contributed by atoms with Crippen LogP contribution in [0.2, 0.25) is 0 Å². The minimum absolute atomic E-state index is 0.276. The SMILES string of the molecule is CCCNC(c1ccc(OC)c(C)c1)c1ccc(C)s1. The second kappa shape index (κ2) is 6.91. The maximum atomic E-state index is 5.35. The summed E-state index contributed by atoms with van der Waals surface area (Å²) in [5.74, 6) is 0.949. The van der Waals surface area contributed by atoms with Crippen LogP contribution in [0.1, 0.15) is 40.3 Å². The van der Waals surface area contributed by atoms with Crippen molar-refractivity contribution in [1.29, 1.82) is 0 Å². The first-order valence-corrected chi connectivity index (χ1v) is 7.91. The molecule has 1 N–H and O–H groups in total. The zero-order chi connectivity index (χ0) is 14.5. The Morgan fingerprint density at radius 3 is 2.55 bits per heavy atom. The zero-order valence-corrected chi connectivity index (χ0v) is 13.5. The molecule has 20 heavy (non-hydrogen) atoms. The molecule has 0 bridgehead atoms. The molecule has 108 valence electrons. The van der Waals surface area contributed by atoms with Gasteiger partial charge in [0.25, 0.3) is 0 Å². The van der Waals surface area contributed by atoms with Gasteiger partial charge < -0.3 is 10.1 Å². The van der Waals surface area contributed by atoms with Crippen LogP contribution in [0.15, 0.2) is 30.3 Å². The molecule has 0 amide bonds. The Bertz CT molecular complexity index is 562. The first-order chi connectivity index (χ1) is 9.65. The molecule has 1 heterocycles. The molecule has 0 spiro atoms. The van der Waals surface area contributed by atoms with E-state index in [0.717, 1.165) is 18.7 Å². The van der Waals surface area contributed by atoms with E-state index in [-0.39, 0.29) is 6.04 Å². The van der Waals surface area contributed by atoms with Crippen LogP contribution >= 0.6 is 11.3 Å². The molecule has 0 saturated heterocycles. The van der Waals surface area contributed by atoms with E-state index in [0.29, 0.717) is 0 Å². The Labute approximate surface area is 125 Å². The first-order valence-electron chi connectivity index (χ1n) is 7.10. The van der Waals surface area contributed by atoms with E-state index in [4.69, 9.17) is 4.74 Å². The zero-order valence-electron chi connectivity index (χ0n) is 12.7. The number of hydrogen-bond donors (Lipinski definition) is 1. The van der Waals surface area contributed by atoms with E-state index >= 15 is 0 Å². The van der Waals surface area contributed by atoms with E-state index in [9.17, 15) is 0 Å². The van der Waals surface area contributed by atoms with E-state index in [1.54, 1.807) is 7.11 Å². The summed E-state index contributed by atoms with van der Waals surface area (Å²) in [6.07, 6.45) is 1.13. The second-order valence-electron chi connectivity index (χ2n) is 5.06. The van der Waals surface area contributed by atoms with Gasteiger partial charge in [-0.2, -0.15) is 0 Å². The largest absolute Gasteiger partial charge is 0.496 e. The summed E-state index contributed by atoms with van der Waals surface area (Å²) in [6.45, 7) is 7.47. The number of hydrogen-bond acceptors (Lipinski definition) is 3. The molecule has 1 unspecified atom stereocenters. The molecule has 3 heteroatoms. The third-order valence-corrected chi connectivity index (χ3v) is 4.46. The highest BCUT2D eigenvalue weighted by Gasteiger charge is 2.16. The summed E-state index contributed by atoms with van der Waals surface area (Å²) in [7, 11) is 1.72. The highest BCUT2D eigenvalue weighted by molar-refractivity contribution is 7.12. The Hall–Kier alpha value is -1.32. The van der Waals surface area contributed by atoms with Gasteiger partial charge >= 0.3 is 0 Å². The van der Waals surface area contributed by atoms with Gasteiger partial charge in [-0.25, -0.2) is 0 Å². The highest BCUT2D eigenvalue weighted by atomic mass is 32.1. The van der Waals surface area contributed by atoms with E-state index in [2.05, 4.69) is 56.4 Å². The lowest BCUT2D eigenvalue weighted by atomic mass is 10.0. The Morgan fingerprint density at radius 1 is 1.20 bits per heavy atom. The highest BCUT2D eigenvalue weighted by Crippen LogP contribution is 2.30. The molecular weight excluding hydrogens is 266 g/mol. The molecular formula is C17H23NOS. The smallest absolute Gasteiger partial charge is 0.121 e. The molecule has 1 atom stereocenters. The summed E-state index contributed by atoms with van der Waals surface area (Å²) in [6, 6.07) is 11.1. The van der Waals surface area contributed by atoms with Gasteiger partial charge in [0.1, 0.15) is 5.75 Å². The van der Waals surface area contributed by atoms with Crippen molar-refractivity contribution >= 4 is 11.3 Å². The second-order valence-corrected chi connectivity index (χ2v) is 6.38. The van der Waals surface area contributed by atoms with Crippen molar-refractivity contribution in [1.82, 2.24) is 5.32 Å². The predicted octanol–water partition coefficient (Wildman–Crippen LogP) is 4.46. The monoisotopic (exact) mass is 289 g/mol. The van der Waals surface area contributed by atoms with Gasteiger partial charge in [0.2, 0.25) is 0 Å². The molecule has 1 aromatic heterocycles. The van der Waals surface area contributed by atoms with Crippen molar-refractivity contribution in [3.63, 3.8) is 0 Å². The molecule has 0 aliphatic carbocycles. The topological polar surface area (TPSA) is 21.3 Å². The van der Waals surface area contributed by atoms with Gasteiger partial charge in [0, 0.05) is 9.75 Å². The Morgan fingerprint density at radius 2 is 2.00 bits per heavy atom. The summed E-state index contributed by atoms with van der Waals surface area (Å²) in [5, 5.41) is 3.65. The number of ether oxygens (including phenoxy) is 1. The van der Waals surface area contributed by atoms with Crippen LogP contribution in [0, 0.1) is 13.8 Å². The van der Waals surface area contributed by atoms with Crippen LogP contribution in [0.5, 0.6) is 5.75 Å². The Kier molecular flexibility index (Phi) is 5.21. The van der Waals surface area contributed by atoms with E-state index in [1.807, 2.05) is 11.3 Å². The summed E-state index contributed by atoms with van der Waals surface area (Å²) in [4.78, 5) is 2.73. The number of methoxy groups -OCH3 is 1. The van der Waals surface area contributed by atoms with Gasteiger partial charge in [-0.05, 0) is 56.1 Å². The molecule has 0 aliphatic rings. The van der Waals surface area contributed by atoms with Crippen molar-refractivity contribution in [3.05, 3.63) is 51.2 Å². The molecule has 0 radical (unpaired) electrons. The quantitative estimate of drug-likeness (QED) is 0.847. The third-order valence-electron chi connectivity index (χ3n) is 3.40. The molecule has 2 aromatic rings. The van der Waals surface area contributed by atoms with Crippen LogP contribution in [0.25, 0.3) is 0 Å². The molecule has 0 fully saturated rings. The minimum Gasteiger partial charge on any atom is -0.496 e. The number of rotatable bonds is 6. The fourth-order valence-corrected chi connectivity index (χ4v) is 3.34. The molecule has 2 nitrogen and oxygen atoms in total. The average Bonchev–Trinajstić information content (AvgIpc) is 2.86. The van der Waals surface area contributed by atoms with Crippen molar-refractivity contribution < 1.29 is 4.74 Å². The maximum absolute atomic E-state index is 5.35. The predicted molar refractivity (Wildman–Crippen MR) is 86.9 cm³/mol. The number of thiophene rings is 1. The van der Waals surface area contributed by atoms with Gasteiger partial charge in [0.05, 0.1) is 13.2 Å². The lowest BCUT2D eigenvalue weighted by Gasteiger charge is -2.19. The fourth-order valence-electron chi connectivity index (χ4n) is 2.36. The van der Waals surface area contributed by atoms with Crippen LogP contribution in [-0.4, -0.2) is 13.7 Å². The average molecular weight is 289 g/mol. The van der Waals surface area contributed by atoms with Crippen LogP contribution in [-0.2, 0) is 0 Å². The fraction of sp³-hybridized carbons (Fsp3) is 0.412. The van der Waals surface area contributed by atoms with Crippen LogP contribution < -0.4 is 10.1 Å². The van der Waals surface area contributed by atoms with Crippen molar-refractivity contribution in [2.24, 2.45) is 0 Å². The van der Waals surface area contributed by atoms with E-state index < -0.39 is 0 Å². The summed E-state index contributed by atoms with van der Waals surface area (Å²) in [5.41, 5.74) is 2.49. The normalized spacial score (nSPS) is 12.4. The minimum atomic E-state index is 0.276. The lowest BCUT2D eigenvalue weighted by Crippen LogP contribution is -2.22. The van der Waals surface area contributed by atoms with Crippen molar-refractivity contribution in [2.45, 2.75) is 33.2 Å².